The highest BCUT2D eigenvalue weighted by molar-refractivity contribution is 5.74. The lowest BCUT2D eigenvalue weighted by Crippen LogP contribution is -2.55. The topological polar surface area (TPSA) is 57.5 Å². The Morgan fingerprint density at radius 2 is 2.00 bits per heavy atom. The number of alkyl halides is 1. The molecule has 0 aliphatic heterocycles. The second-order valence-electron chi connectivity index (χ2n) is 5.86. The van der Waals surface area contributed by atoms with Gasteiger partial charge in [0, 0.05) is 0 Å². The standard InChI is InChI=1S/C12H21FO3/c1-11(2,3)8-6-4-5-7-12(8,16)9(13)10(14)15/h8-9,16H,4-7H2,1-3H3,(H,14,15). The van der Waals surface area contributed by atoms with Crippen LogP contribution in [0.3, 0.4) is 0 Å². The van der Waals surface area contributed by atoms with Crippen LogP contribution in [0.2, 0.25) is 0 Å². The van der Waals surface area contributed by atoms with Gasteiger partial charge in [0.05, 0.1) is 0 Å². The molecule has 94 valence electrons. The summed E-state index contributed by atoms with van der Waals surface area (Å²) >= 11 is 0. The van der Waals surface area contributed by atoms with Crippen LogP contribution < -0.4 is 0 Å². The molecule has 4 heteroatoms. The number of carbonyl (C=O) groups is 1. The molecular formula is C12H21FO3. The zero-order valence-corrected chi connectivity index (χ0v) is 10.2. The van der Waals surface area contributed by atoms with E-state index in [-0.39, 0.29) is 17.8 Å². The SMILES string of the molecule is CC(C)(C)C1CCCCC1(O)C(F)C(=O)O. The van der Waals surface area contributed by atoms with Gasteiger partial charge < -0.3 is 10.2 Å². The first kappa shape index (κ1) is 13.4. The molecule has 0 aromatic heterocycles. The number of aliphatic carboxylic acids is 1. The van der Waals surface area contributed by atoms with E-state index in [0.717, 1.165) is 6.42 Å². The van der Waals surface area contributed by atoms with Crippen LogP contribution >= 0.6 is 0 Å². The monoisotopic (exact) mass is 232 g/mol. The normalized spacial score (nSPS) is 33.4. The van der Waals surface area contributed by atoms with Gasteiger partial charge in [0.2, 0.25) is 6.17 Å². The minimum absolute atomic E-state index is 0.238. The van der Waals surface area contributed by atoms with E-state index in [9.17, 15) is 14.3 Å². The van der Waals surface area contributed by atoms with Crippen molar-refractivity contribution in [3.05, 3.63) is 0 Å². The fraction of sp³-hybridized carbons (Fsp3) is 0.917. The summed E-state index contributed by atoms with van der Waals surface area (Å²) in [5, 5.41) is 19.1. The number of hydrogen-bond donors (Lipinski definition) is 2. The van der Waals surface area contributed by atoms with Gasteiger partial charge in [-0.3, -0.25) is 0 Å². The van der Waals surface area contributed by atoms with E-state index in [0.29, 0.717) is 12.8 Å². The van der Waals surface area contributed by atoms with Crippen molar-refractivity contribution < 1.29 is 19.4 Å². The van der Waals surface area contributed by atoms with Crippen LogP contribution in [0.5, 0.6) is 0 Å². The number of carboxylic acid groups (broad SMARTS) is 1. The molecule has 1 saturated carbocycles. The van der Waals surface area contributed by atoms with Crippen molar-refractivity contribution in [3.8, 4) is 0 Å². The average Bonchev–Trinajstić information content (AvgIpc) is 2.15. The molecule has 1 fully saturated rings. The Hall–Kier alpha value is -0.640. The molecule has 0 bridgehead atoms. The fourth-order valence-corrected chi connectivity index (χ4v) is 2.88. The summed E-state index contributed by atoms with van der Waals surface area (Å²) in [6.07, 6.45) is 0.362. The van der Waals surface area contributed by atoms with Crippen LogP contribution in [0.1, 0.15) is 46.5 Å². The molecule has 0 spiro atoms. The van der Waals surface area contributed by atoms with Gasteiger partial charge in [-0.2, -0.15) is 0 Å². The highest BCUT2D eigenvalue weighted by Gasteiger charge is 2.52. The van der Waals surface area contributed by atoms with Crippen molar-refractivity contribution in [2.75, 3.05) is 0 Å². The zero-order chi connectivity index (χ0) is 12.6. The summed E-state index contributed by atoms with van der Waals surface area (Å²) in [7, 11) is 0. The van der Waals surface area contributed by atoms with Gasteiger partial charge >= 0.3 is 5.97 Å². The summed E-state index contributed by atoms with van der Waals surface area (Å²) in [5.41, 5.74) is -1.99. The molecule has 3 unspecified atom stereocenters. The highest BCUT2D eigenvalue weighted by atomic mass is 19.1. The van der Waals surface area contributed by atoms with Crippen molar-refractivity contribution in [1.29, 1.82) is 0 Å². The lowest BCUT2D eigenvalue weighted by atomic mass is 9.62. The Balaban J connectivity index is 3.00. The third-order valence-electron chi connectivity index (χ3n) is 3.62. The third kappa shape index (κ3) is 2.37. The highest BCUT2D eigenvalue weighted by Crippen LogP contribution is 2.46. The predicted octanol–water partition coefficient (Wildman–Crippen LogP) is 2.38. The molecule has 0 heterocycles. The Morgan fingerprint density at radius 1 is 1.44 bits per heavy atom. The molecule has 1 aliphatic rings. The summed E-state index contributed by atoms with van der Waals surface area (Å²) in [6, 6.07) is 0. The Labute approximate surface area is 95.7 Å². The van der Waals surface area contributed by atoms with Gasteiger partial charge in [-0.25, -0.2) is 9.18 Å². The third-order valence-corrected chi connectivity index (χ3v) is 3.62. The molecule has 2 N–H and O–H groups in total. The zero-order valence-electron chi connectivity index (χ0n) is 10.2. The Bertz CT molecular complexity index is 272. The van der Waals surface area contributed by atoms with Gasteiger partial charge in [0.1, 0.15) is 5.60 Å². The van der Waals surface area contributed by atoms with Crippen LogP contribution in [0, 0.1) is 11.3 Å². The second-order valence-corrected chi connectivity index (χ2v) is 5.86. The van der Waals surface area contributed by atoms with E-state index in [1.165, 1.54) is 0 Å². The maximum Gasteiger partial charge on any atom is 0.341 e. The van der Waals surface area contributed by atoms with Crippen LogP contribution in [0.25, 0.3) is 0 Å². The van der Waals surface area contributed by atoms with Crippen LogP contribution in [-0.2, 0) is 4.79 Å². The van der Waals surface area contributed by atoms with E-state index in [4.69, 9.17) is 5.11 Å². The second kappa shape index (κ2) is 4.32. The molecule has 1 rings (SSSR count). The smallest absolute Gasteiger partial charge is 0.341 e. The first-order chi connectivity index (χ1) is 7.19. The minimum Gasteiger partial charge on any atom is -0.479 e. The maximum absolute atomic E-state index is 13.7. The number of carboxylic acids is 1. The van der Waals surface area contributed by atoms with E-state index < -0.39 is 17.7 Å². The van der Waals surface area contributed by atoms with Gasteiger partial charge in [-0.1, -0.05) is 33.6 Å². The van der Waals surface area contributed by atoms with Crippen LogP contribution in [-0.4, -0.2) is 28.0 Å². The van der Waals surface area contributed by atoms with E-state index in [1.54, 1.807) is 0 Å². The Morgan fingerprint density at radius 3 is 2.44 bits per heavy atom. The molecule has 0 aromatic rings. The first-order valence-electron chi connectivity index (χ1n) is 5.79. The molecule has 0 saturated heterocycles. The molecule has 0 amide bonds. The van der Waals surface area contributed by atoms with Crippen LogP contribution in [0.15, 0.2) is 0 Å². The van der Waals surface area contributed by atoms with Gasteiger partial charge in [0.25, 0.3) is 0 Å². The number of rotatable bonds is 2. The lowest BCUT2D eigenvalue weighted by Gasteiger charge is -2.47. The predicted molar refractivity (Wildman–Crippen MR) is 58.9 cm³/mol. The molecule has 1 aliphatic carbocycles. The van der Waals surface area contributed by atoms with Gasteiger partial charge in [0.15, 0.2) is 0 Å². The molecule has 0 radical (unpaired) electrons. The van der Waals surface area contributed by atoms with Gasteiger partial charge in [-0.05, 0) is 24.2 Å². The molecule has 3 atom stereocenters. The fourth-order valence-electron chi connectivity index (χ4n) is 2.88. The first-order valence-corrected chi connectivity index (χ1v) is 5.79. The van der Waals surface area contributed by atoms with Crippen molar-refractivity contribution in [2.24, 2.45) is 11.3 Å². The molecule has 16 heavy (non-hydrogen) atoms. The van der Waals surface area contributed by atoms with E-state index in [1.807, 2.05) is 20.8 Å². The van der Waals surface area contributed by atoms with E-state index >= 15 is 0 Å². The largest absolute Gasteiger partial charge is 0.479 e. The van der Waals surface area contributed by atoms with Crippen molar-refractivity contribution >= 4 is 5.97 Å². The number of halogens is 1. The maximum atomic E-state index is 13.7. The number of hydrogen-bond acceptors (Lipinski definition) is 2. The van der Waals surface area contributed by atoms with Crippen LogP contribution in [0.4, 0.5) is 4.39 Å². The summed E-state index contributed by atoms with van der Waals surface area (Å²) in [4.78, 5) is 10.7. The Kier molecular flexibility index (Phi) is 3.62. The van der Waals surface area contributed by atoms with Crippen molar-refractivity contribution in [1.82, 2.24) is 0 Å². The van der Waals surface area contributed by atoms with Crippen molar-refractivity contribution in [3.63, 3.8) is 0 Å². The summed E-state index contributed by atoms with van der Waals surface area (Å²) in [5.74, 6) is -1.86. The summed E-state index contributed by atoms with van der Waals surface area (Å²) in [6.45, 7) is 5.76. The number of aliphatic hydroxyl groups is 1. The van der Waals surface area contributed by atoms with Crippen molar-refractivity contribution in [2.45, 2.75) is 58.2 Å². The lowest BCUT2D eigenvalue weighted by molar-refractivity contribution is -0.173. The molecular weight excluding hydrogens is 211 g/mol. The van der Waals surface area contributed by atoms with Gasteiger partial charge in [-0.15, -0.1) is 0 Å². The minimum atomic E-state index is -2.18. The van der Waals surface area contributed by atoms with E-state index in [2.05, 4.69) is 0 Å². The quantitative estimate of drug-likeness (QED) is 0.768. The molecule has 3 nitrogen and oxygen atoms in total. The molecule has 0 aromatic carbocycles. The average molecular weight is 232 g/mol. The summed E-state index contributed by atoms with van der Waals surface area (Å²) < 4.78 is 13.7.